The zero-order valence-corrected chi connectivity index (χ0v) is 12.7. The van der Waals surface area contributed by atoms with Gasteiger partial charge in [-0.25, -0.2) is 13.2 Å². The number of ether oxygens (including phenoxy) is 1. The highest BCUT2D eigenvalue weighted by atomic mass is 32.2. The fourth-order valence-corrected chi connectivity index (χ4v) is 4.01. The van der Waals surface area contributed by atoms with Gasteiger partial charge in [0.2, 0.25) is 16.1 Å². The summed E-state index contributed by atoms with van der Waals surface area (Å²) in [6.45, 7) is 0.365. The number of rotatable bonds is 4. The van der Waals surface area contributed by atoms with Crippen LogP contribution in [0.2, 0.25) is 0 Å². The molecule has 0 bridgehead atoms. The van der Waals surface area contributed by atoms with Gasteiger partial charge in [-0.2, -0.15) is 9.30 Å². The molecule has 0 saturated carbocycles. The minimum absolute atomic E-state index is 0.177. The zero-order valence-electron chi connectivity index (χ0n) is 11.9. The molecule has 1 heterocycles. The molecule has 1 aromatic rings. The molecule has 6 nitrogen and oxygen atoms in total. The second-order valence-corrected chi connectivity index (χ2v) is 6.73. The summed E-state index contributed by atoms with van der Waals surface area (Å²) in [6.07, 6.45) is 3.92. The van der Waals surface area contributed by atoms with Gasteiger partial charge in [0.05, 0.1) is 12.0 Å². The molecule has 0 aliphatic carbocycles. The molecule has 0 amide bonds. The molecule has 0 spiro atoms. The third kappa shape index (κ3) is 3.50. The number of isocyanates is 1. The first-order valence-corrected chi connectivity index (χ1v) is 8.26. The Hall–Kier alpha value is -1.69. The van der Waals surface area contributed by atoms with Crippen LogP contribution in [-0.4, -0.2) is 38.6 Å². The third-order valence-electron chi connectivity index (χ3n) is 3.54. The van der Waals surface area contributed by atoms with Crippen LogP contribution in [0.5, 0.6) is 5.75 Å². The minimum Gasteiger partial charge on any atom is -0.497 e. The average molecular weight is 310 g/mol. The predicted octanol–water partition coefficient (Wildman–Crippen LogP) is 1.92. The summed E-state index contributed by atoms with van der Waals surface area (Å²) < 4.78 is 31.8. The van der Waals surface area contributed by atoms with E-state index in [0.29, 0.717) is 18.7 Å². The van der Waals surface area contributed by atoms with Crippen molar-refractivity contribution in [2.75, 3.05) is 13.7 Å². The molecule has 0 aromatic heterocycles. The van der Waals surface area contributed by atoms with Gasteiger partial charge in [0.25, 0.3) is 0 Å². The summed E-state index contributed by atoms with van der Waals surface area (Å²) in [6, 6.07) is 6.20. The van der Waals surface area contributed by atoms with E-state index in [9.17, 15) is 13.2 Å². The van der Waals surface area contributed by atoms with Gasteiger partial charge in [-0.1, -0.05) is 6.42 Å². The SMILES string of the molecule is COc1ccc(S(=O)(=O)N2CCCCCC2N=C=O)cc1. The van der Waals surface area contributed by atoms with Gasteiger partial charge < -0.3 is 4.74 Å². The third-order valence-corrected chi connectivity index (χ3v) is 5.45. The Morgan fingerprint density at radius 1 is 1.24 bits per heavy atom. The summed E-state index contributed by atoms with van der Waals surface area (Å²) in [5, 5.41) is 0. The van der Waals surface area contributed by atoms with Crippen LogP contribution in [0.15, 0.2) is 34.2 Å². The number of benzene rings is 1. The van der Waals surface area contributed by atoms with Crippen molar-refractivity contribution in [3.05, 3.63) is 24.3 Å². The number of nitrogens with zero attached hydrogens (tertiary/aromatic N) is 2. The van der Waals surface area contributed by atoms with Gasteiger partial charge in [0.1, 0.15) is 11.9 Å². The lowest BCUT2D eigenvalue weighted by molar-refractivity contribution is 0.330. The van der Waals surface area contributed by atoms with Crippen molar-refractivity contribution in [3.63, 3.8) is 0 Å². The van der Waals surface area contributed by atoms with Gasteiger partial charge in [0.15, 0.2) is 0 Å². The Morgan fingerprint density at radius 3 is 2.57 bits per heavy atom. The maximum absolute atomic E-state index is 12.7. The molecule has 0 radical (unpaired) electrons. The van der Waals surface area contributed by atoms with E-state index in [1.807, 2.05) is 0 Å². The summed E-state index contributed by atoms with van der Waals surface area (Å²) in [5.41, 5.74) is 0. The van der Waals surface area contributed by atoms with Crippen molar-refractivity contribution in [1.29, 1.82) is 0 Å². The Bertz CT molecular complexity index is 621. The molecule has 1 aliphatic heterocycles. The monoisotopic (exact) mass is 310 g/mol. The van der Waals surface area contributed by atoms with Crippen molar-refractivity contribution in [3.8, 4) is 5.75 Å². The molecule has 1 unspecified atom stereocenters. The quantitative estimate of drug-likeness (QED) is 0.629. The molecule has 1 atom stereocenters. The first kappa shape index (κ1) is 15.7. The molecule has 1 fully saturated rings. The van der Waals surface area contributed by atoms with E-state index >= 15 is 0 Å². The maximum atomic E-state index is 12.7. The number of carbonyl (C=O) groups excluding carboxylic acids is 1. The van der Waals surface area contributed by atoms with Crippen molar-refractivity contribution < 1.29 is 17.9 Å². The number of methoxy groups -OCH3 is 1. The zero-order chi connectivity index (χ0) is 15.3. The molecule has 1 aromatic carbocycles. The molecular weight excluding hydrogens is 292 g/mol. The van der Waals surface area contributed by atoms with Gasteiger partial charge in [-0.15, -0.1) is 0 Å². The lowest BCUT2D eigenvalue weighted by Gasteiger charge is -2.25. The fourth-order valence-electron chi connectivity index (χ4n) is 2.42. The van der Waals surface area contributed by atoms with E-state index in [0.717, 1.165) is 19.3 Å². The lowest BCUT2D eigenvalue weighted by atomic mass is 10.2. The first-order chi connectivity index (χ1) is 10.1. The van der Waals surface area contributed by atoms with Crippen molar-refractivity contribution >= 4 is 16.1 Å². The van der Waals surface area contributed by atoms with Crippen LogP contribution >= 0.6 is 0 Å². The lowest BCUT2D eigenvalue weighted by Crippen LogP contribution is -2.38. The summed E-state index contributed by atoms with van der Waals surface area (Å²) in [4.78, 5) is 14.4. The molecule has 2 rings (SSSR count). The van der Waals surface area contributed by atoms with Gasteiger partial charge in [-0.3, -0.25) is 0 Å². The van der Waals surface area contributed by atoms with E-state index in [4.69, 9.17) is 4.74 Å². The summed E-state index contributed by atoms with van der Waals surface area (Å²) in [7, 11) is -2.16. The van der Waals surface area contributed by atoms with E-state index in [-0.39, 0.29) is 4.90 Å². The second kappa shape index (κ2) is 6.85. The Labute approximate surface area is 124 Å². The first-order valence-electron chi connectivity index (χ1n) is 6.82. The van der Waals surface area contributed by atoms with Crippen molar-refractivity contribution in [1.82, 2.24) is 4.31 Å². The van der Waals surface area contributed by atoms with Gasteiger partial charge in [0, 0.05) is 6.54 Å². The molecular formula is C14H18N2O4S. The van der Waals surface area contributed by atoms with Gasteiger partial charge >= 0.3 is 0 Å². The van der Waals surface area contributed by atoms with Crippen LogP contribution in [0.25, 0.3) is 0 Å². The van der Waals surface area contributed by atoms with E-state index in [2.05, 4.69) is 4.99 Å². The maximum Gasteiger partial charge on any atom is 0.244 e. The number of aliphatic imine (C=N–C) groups is 1. The summed E-state index contributed by atoms with van der Waals surface area (Å²) in [5.74, 6) is 0.590. The van der Waals surface area contributed by atoms with E-state index in [1.165, 1.54) is 29.6 Å². The molecule has 0 N–H and O–H groups in total. The Balaban J connectivity index is 2.36. The van der Waals surface area contributed by atoms with Crippen LogP contribution < -0.4 is 4.74 Å². The highest BCUT2D eigenvalue weighted by Crippen LogP contribution is 2.26. The van der Waals surface area contributed by atoms with Crippen LogP contribution in [0.4, 0.5) is 0 Å². The second-order valence-electron chi connectivity index (χ2n) is 4.84. The summed E-state index contributed by atoms with van der Waals surface area (Å²) >= 11 is 0. The molecule has 1 aliphatic rings. The predicted molar refractivity (Wildman–Crippen MR) is 77.3 cm³/mol. The number of hydrogen-bond donors (Lipinski definition) is 0. The normalized spacial score (nSPS) is 20.3. The van der Waals surface area contributed by atoms with Gasteiger partial charge in [-0.05, 0) is 43.5 Å². The number of hydrogen-bond acceptors (Lipinski definition) is 5. The van der Waals surface area contributed by atoms with Crippen molar-refractivity contribution in [2.45, 2.75) is 36.7 Å². The molecule has 21 heavy (non-hydrogen) atoms. The van der Waals surface area contributed by atoms with Crippen LogP contribution in [0.3, 0.4) is 0 Å². The fraction of sp³-hybridized carbons (Fsp3) is 0.500. The average Bonchev–Trinajstić information content (AvgIpc) is 2.74. The van der Waals surface area contributed by atoms with Crippen LogP contribution in [0.1, 0.15) is 25.7 Å². The smallest absolute Gasteiger partial charge is 0.244 e. The van der Waals surface area contributed by atoms with Crippen LogP contribution in [0, 0.1) is 0 Å². The largest absolute Gasteiger partial charge is 0.497 e. The van der Waals surface area contributed by atoms with Crippen LogP contribution in [-0.2, 0) is 14.8 Å². The molecule has 1 saturated heterocycles. The standard InChI is InChI=1S/C14H18N2O4S/c1-20-12-6-8-13(9-7-12)21(18,19)16-10-4-2-3-5-14(16)15-11-17/h6-9,14H,2-5,10H2,1H3. The highest BCUT2D eigenvalue weighted by Gasteiger charge is 2.32. The highest BCUT2D eigenvalue weighted by molar-refractivity contribution is 7.89. The molecule has 7 heteroatoms. The van der Waals surface area contributed by atoms with Crippen molar-refractivity contribution in [2.24, 2.45) is 4.99 Å². The van der Waals surface area contributed by atoms with E-state index < -0.39 is 16.2 Å². The topological polar surface area (TPSA) is 76.0 Å². The minimum atomic E-state index is -3.68. The van der Waals surface area contributed by atoms with E-state index in [1.54, 1.807) is 12.1 Å². The Kier molecular flexibility index (Phi) is 5.12. The number of sulfonamides is 1. The molecule has 114 valence electrons. The Morgan fingerprint density at radius 2 is 1.95 bits per heavy atom.